The van der Waals surface area contributed by atoms with Gasteiger partial charge in [0.2, 0.25) is 0 Å². The van der Waals surface area contributed by atoms with Crippen molar-refractivity contribution in [2.24, 2.45) is 0 Å². The lowest BCUT2D eigenvalue weighted by atomic mass is 10.6. The van der Waals surface area contributed by atoms with E-state index in [1.165, 1.54) is 6.20 Å². The molecule has 20 heavy (non-hydrogen) atoms. The molecule has 1 N–H and O–H groups in total. The fourth-order valence-electron chi connectivity index (χ4n) is 1.53. The first-order valence-electron chi connectivity index (χ1n) is 5.57. The highest BCUT2D eigenvalue weighted by Gasteiger charge is 2.21. The van der Waals surface area contributed by atoms with Gasteiger partial charge in [-0.25, -0.2) is 15.0 Å². The molecule has 2 heterocycles. The van der Waals surface area contributed by atoms with Crippen molar-refractivity contribution in [1.29, 1.82) is 0 Å². The van der Waals surface area contributed by atoms with E-state index >= 15 is 0 Å². The van der Waals surface area contributed by atoms with Crippen LogP contribution in [-0.2, 0) is 16.6 Å². The predicted molar refractivity (Wildman–Crippen MR) is 75.5 cm³/mol. The van der Waals surface area contributed by atoms with E-state index in [1.807, 2.05) is 6.92 Å². The van der Waals surface area contributed by atoms with Crippen LogP contribution in [0.15, 0.2) is 17.6 Å². The Kier molecular flexibility index (Phi) is 4.17. The molecule has 0 aliphatic heterocycles. The minimum absolute atomic E-state index is 0.0327. The van der Waals surface area contributed by atoms with Gasteiger partial charge in [0.05, 0.1) is 0 Å². The molecule has 0 fully saturated rings. The number of sulfonamides is 1. The summed E-state index contributed by atoms with van der Waals surface area (Å²) in [4.78, 5) is 11.4. The largest absolute Gasteiger partial charge is 0.334 e. The number of hydrogen-bond donors (Lipinski definition) is 1. The zero-order valence-corrected chi connectivity index (χ0v) is 13.0. The maximum absolute atomic E-state index is 12.2. The third kappa shape index (κ3) is 2.87. The Morgan fingerprint density at radius 3 is 2.65 bits per heavy atom. The molecule has 0 amide bonds. The van der Waals surface area contributed by atoms with Crippen LogP contribution >= 0.6 is 23.2 Å². The first-order valence-corrected chi connectivity index (χ1v) is 7.81. The molecular formula is C10H11Cl2N5O2S. The maximum Gasteiger partial charge on any atom is 0.282 e. The number of aromatic nitrogens is 4. The lowest BCUT2D eigenvalue weighted by Crippen LogP contribution is -2.15. The Labute approximate surface area is 126 Å². The molecule has 2 aromatic rings. The quantitative estimate of drug-likeness (QED) is 0.864. The summed E-state index contributed by atoms with van der Waals surface area (Å²) in [5, 5.41) is -0.207. The van der Waals surface area contributed by atoms with Crippen molar-refractivity contribution in [2.45, 2.75) is 25.4 Å². The third-order valence-corrected chi connectivity index (χ3v) is 4.50. The molecule has 10 heteroatoms. The van der Waals surface area contributed by atoms with Crippen molar-refractivity contribution < 1.29 is 8.42 Å². The highest BCUT2D eigenvalue weighted by atomic mass is 35.5. The third-order valence-electron chi connectivity index (χ3n) is 2.55. The molecule has 0 atom stereocenters. The van der Waals surface area contributed by atoms with E-state index in [1.54, 1.807) is 11.5 Å². The van der Waals surface area contributed by atoms with Crippen molar-refractivity contribution in [3.05, 3.63) is 28.5 Å². The van der Waals surface area contributed by atoms with E-state index in [0.717, 1.165) is 6.33 Å². The van der Waals surface area contributed by atoms with E-state index in [9.17, 15) is 8.42 Å². The van der Waals surface area contributed by atoms with Crippen LogP contribution in [0, 0.1) is 6.92 Å². The summed E-state index contributed by atoms with van der Waals surface area (Å²) in [6.07, 6.45) is 2.55. The summed E-state index contributed by atoms with van der Waals surface area (Å²) in [7, 11) is -3.88. The molecule has 7 nitrogen and oxygen atoms in total. The van der Waals surface area contributed by atoms with Crippen LogP contribution < -0.4 is 4.72 Å². The minimum atomic E-state index is -3.88. The van der Waals surface area contributed by atoms with Crippen LogP contribution in [0.25, 0.3) is 0 Å². The summed E-state index contributed by atoms with van der Waals surface area (Å²) in [6.45, 7) is 4.23. The Morgan fingerprint density at radius 1 is 1.35 bits per heavy atom. The fraction of sp³-hybridized carbons (Fsp3) is 0.300. The molecule has 0 radical (unpaired) electrons. The Hall–Kier alpha value is -1.38. The number of hydrogen-bond acceptors (Lipinski definition) is 5. The standard InChI is InChI=1S/C10H11Cl2N5O2S/c1-3-17-4-7(15-6(17)2)20(18,19)16-10-8(11)9(12)13-5-14-10/h4-5H,3H2,1-2H3,(H,13,14,16). The molecule has 0 unspecified atom stereocenters. The number of rotatable bonds is 4. The molecule has 0 saturated heterocycles. The van der Waals surface area contributed by atoms with Crippen LogP contribution in [0.4, 0.5) is 5.82 Å². The summed E-state index contributed by atoms with van der Waals surface area (Å²) < 4.78 is 28.3. The van der Waals surface area contributed by atoms with Crippen molar-refractivity contribution >= 4 is 39.0 Å². The number of aryl methyl sites for hydroxylation is 2. The predicted octanol–water partition coefficient (Wildman–Crippen LogP) is 2.11. The van der Waals surface area contributed by atoms with E-state index in [-0.39, 0.29) is 21.0 Å². The molecule has 0 aromatic carbocycles. The van der Waals surface area contributed by atoms with Crippen molar-refractivity contribution in [1.82, 2.24) is 19.5 Å². The molecule has 2 aromatic heterocycles. The SMILES string of the molecule is CCn1cc(S(=O)(=O)Nc2ncnc(Cl)c2Cl)nc1C. The molecule has 0 bridgehead atoms. The van der Waals surface area contributed by atoms with Gasteiger partial charge in [0, 0.05) is 12.7 Å². The molecule has 0 spiro atoms. The second kappa shape index (κ2) is 5.55. The highest BCUT2D eigenvalue weighted by molar-refractivity contribution is 7.92. The van der Waals surface area contributed by atoms with Crippen molar-refractivity contribution in [3.8, 4) is 0 Å². The molecule has 108 valence electrons. The van der Waals surface area contributed by atoms with Crippen LogP contribution in [-0.4, -0.2) is 27.9 Å². The van der Waals surface area contributed by atoms with E-state index < -0.39 is 10.0 Å². The number of nitrogens with one attached hydrogen (secondary N) is 1. The van der Waals surface area contributed by atoms with Gasteiger partial charge < -0.3 is 4.57 Å². The zero-order chi connectivity index (χ0) is 14.9. The van der Waals surface area contributed by atoms with E-state index in [0.29, 0.717) is 12.4 Å². The monoisotopic (exact) mass is 335 g/mol. The van der Waals surface area contributed by atoms with Crippen molar-refractivity contribution in [2.75, 3.05) is 4.72 Å². The summed E-state index contributed by atoms with van der Waals surface area (Å²) in [6, 6.07) is 0. The highest BCUT2D eigenvalue weighted by Crippen LogP contribution is 2.27. The molecule has 0 saturated carbocycles. The van der Waals surface area contributed by atoms with Crippen LogP contribution in [0.2, 0.25) is 10.2 Å². The topological polar surface area (TPSA) is 89.8 Å². The number of anilines is 1. The molecule has 0 aliphatic rings. The van der Waals surface area contributed by atoms with Gasteiger partial charge in [0.15, 0.2) is 16.0 Å². The minimum Gasteiger partial charge on any atom is -0.334 e. The second-order valence-corrected chi connectivity index (χ2v) is 6.21. The molecule has 2 rings (SSSR count). The normalized spacial score (nSPS) is 11.6. The first-order chi connectivity index (χ1) is 9.35. The van der Waals surface area contributed by atoms with E-state index in [2.05, 4.69) is 19.7 Å². The van der Waals surface area contributed by atoms with Crippen LogP contribution in [0.3, 0.4) is 0 Å². The van der Waals surface area contributed by atoms with Gasteiger partial charge in [0.1, 0.15) is 17.2 Å². The average Bonchev–Trinajstić information content (AvgIpc) is 2.77. The summed E-state index contributed by atoms with van der Waals surface area (Å²) >= 11 is 11.5. The molecular weight excluding hydrogens is 325 g/mol. The first kappa shape index (κ1) is 15.0. The van der Waals surface area contributed by atoms with Gasteiger partial charge in [-0.3, -0.25) is 4.72 Å². The van der Waals surface area contributed by atoms with Crippen LogP contribution in [0.1, 0.15) is 12.7 Å². The van der Waals surface area contributed by atoms with Gasteiger partial charge in [0.25, 0.3) is 10.0 Å². The molecule has 0 aliphatic carbocycles. The smallest absolute Gasteiger partial charge is 0.282 e. The summed E-state index contributed by atoms with van der Waals surface area (Å²) in [5.74, 6) is 0.509. The van der Waals surface area contributed by atoms with E-state index in [4.69, 9.17) is 23.2 Å². The maximum atomic E-state index is 12.2. The van der Waals surface area contributed by atoms with Gasteiger partial charge in [-0.05, 0) is 13.8 Å². The second-order valence-electron chi connectivity index (χ2n) is 3.84. The van der Waals surface area contributed by atoms with Crippen molar-refractivity contribution in [3.63, 3.8) is 0 Å². The number of halogens is 2. The lowest BCUT2D eigenvalue weighted by molar-refractivity contribution is 0.597. The van der Waals surface area contributed by atoms with Gasteiger partial charge >= 0.3 is 0 Å². The van der Waals surface area contributed by atoms with Gasteiger partial charge in [-0.2, -0.15) is 8.42 Å². The number of imidazole rings is 1. The van der Waals surface area contributed by atoms with Crippen LogP contribution in [0.5, 0.6) is 0 Å². The van der Waals surface area contributed by atoms with Gasteiger partial charge in [-0.1, -0.05) is 23.2 Å². The Morgan fingerprint density at radius 2 is 2.05 bits per heavy atom. The number of nitrogens with zero attached hydrogens (tertiary/aromatic N) is 4. The van der Waals surface area contributed by atoms with Gasteiger partial charge in [-0.15, -0.1) is 0 Å². The Balaban J connectivity index is 2.38. The fourth-order valence-corrected chi connectivity index (χ4v) is 2.89. The lowest BCUT2D eigenvalue weighted by Gasteiger charge is -2.06. The summed E-state index contributed by atoms with van der Waals surface area (Å²) in [5.41, 5.74) is 0. The Bertz CT molecular complexity index is 744. The zero-order valence-electron chi connectivity index (χ0n) is 10.6. The average molecular weight is 336 g/mol.